The van der Waals surface area contributed by atoms with Crippen molar-refractivity contribution in [1.82, 2.24) is 5.32 Å². The Hall–Kier alpha value is -0.340. The van der Waals surface area contributed by atoms with E-state index in [1.807, 2.05) is 0 Å². The molecule has 0 bridgehead atoms. The van der Waals surface area contributed by atoms with E-state index >= 15 is 0 Å². The summed E-state index contributed by atoms with van der Waals surface area (Å²) in [4.78, 5) is 0. The third kappa shape index (κ3) is 3.83. The number of nitrogens with one attached hydrogen (secondary N) is 1. The number of benzene rings is 1. The van der Waals surface area contributed by atoms with Gasteiger partial charge in [0.15, 0.2) is 0 Å². The van der Waals surface area contributed by atoms with Crippen LogP contribution in [0.25, 0.3) is 0 Å². The lowest BCUT2D eigenvalue weighted by atomic mass is 9.84. The highest BCUT2D eigenvalue weighted by molar-refractivity contribution is 9.10. The second-order valence-electron chi connectivity index (χ2n) is 5.66. The fraction of sp³-hybridized carbons (Fsp3) is 0.625. The molecule has 0 saturated heterocycles. The summed E-state index contributed by atoms with van der Waals surface area (Å²) in [6.45, 7) is 5.45. The smallest absolute Gasteiger partial charge is 0.0222 e. The fourth-order valence-electron chi connectivity index (χ4n) is 2.87. The fourth-order valence-corrected chi connectivity index (χ4v) is 3.50. The van der Waals surface area contributed by atoms with Gasteiger partial charge in [-0.15, -0.1) is 0 Å². The van der Waals surface area contributed by atoms with Gasteiger partial charge in [-0.25, -0.2) is 0 Å². The van der Waals surface area contributed by atoms with Gasteiger partial charge in [-0.2, -0.15) is 0 Å². The van der Waals surface area contributed by atoms with Crippen molar-refractivity contribution < 1.29 is 0 Å². The van der Waals surface area contributed by atoms with E-state index in [2.05, 4.69) is 53.3 Å². The quantitative estimate of drug-likeness (QED) is 0.841. The van der Waals surface area contributed by atoms with Gasteiger partial charge >= 0.3 is 0 Å². The Bertz CT molecular complexity index is 383. The largest absolute Gasteiger partial charge is 0.310 e. The lowest BCUT2D eigenvalue weighted by Crippen LogP contribution is -2.34. The van der Waals surface area contributed by atoms with E-state index in [0.717, 1.165) is 12.5 Å². The zero-order valence-electron chi connectivity index (χ0n) is 11.5. The summed E-state index contributed by atoms with van der Waals surface area (Å²) >= 11 is 3.65. The molecule has 1 aliphatic carbocycles. The highest BCUT2D eigenvalue weighted by Gasteiger charge is 2.19. The van der Waals surface area contributed by atoms with Crippen LogP contribution >= 0.6 is 15.9 Å². The molecule has 0 unspecified atom stereocenters. The van der Waals surface area contributed by atoms with Crippen molar-refractivity contribution in [3.05, 3.63) is 33.8 Å². The highest BCUT2D eigenvalue weighted by Crippen LogP contribution is 2.26. The Balaban J connectivity index is 1.86. The Morgan fingerprint density at radius 2 is 2.00 bits per heavy atom. The van der Waals surface area contributed by atoms with Gasteiger partial charge in [0.25, 0.3) is 0 Å². The second-order valence-corrected chi connectivity index (χ2v) is 6.52. The first-order valence-corrected chi connectivity index (χ1v) is 7.94. The molecule has 2 heteroatoms. The van der Waals surface area contributed by atoms with Crippen LogP contribution in [-0.4, -0.2) is 6.04 Å². The van der Waals surface area contributed by atoms with Crippen molar-refractivity contribution in [3.63, 3.8) is 0 Å². The molecule has 1 aliphatic rings. The molecule has 2 rings (SSSR count). The van der Waals surface area contributed by atoms with Crippen LogP contribution in [0.4, 0.5) is 0 Å². The predicted octanol–water partition coefficient (Wildman–Crippen LogP) is 4.82. The maximum Gasteiger partial charge on any atom is 0.0222 e. The summed E-state index contributed by atoms with van der Waals surface area (Å²) in [6, 6.07) is 7.24. The molecule has 0 radical (unpaired) electrons. The molecular formula is C16H24BrN. The van der Waals surface area contributed by atoms with Gasteiger partial charge < -0.3 is 5.32 Å². The molecule has 0 spiro atoms. The molecule has 1 fully saturated rings. The summed E-state index contributed by atoms with van der Waals surface area (Å²) in [6.07, 6.45) is 7.09. The van der Waals surface area contributed by atoms with Gasteiger partial charge in [-0.3, -0.25) is 0 Å². The van der Waals surface area contributed by atoms with Crippen LogP contribution in [-0.2, 0) is 6.54 Å². The Kier molecular flexibility index (Phi) is 5.25. The van der Waals surface area contributed by atoms with E-state index in [0.29, 0.717) is 6.04 Å². The standard InChI is InChI=1S/C16H24BrN/c1-12-8-9-15(16(17)10-12)11-18-13(2)14-6-4-3-5-7-14/h8-10,13-14,18H,3-7,11H2,1-2H3/t13-/m1/s1. The molecule has 0 aliphatic heterocycles. The maximum absolute atomic E-state index is 3.70. The third-order valence-electron chi connectivity index (χ3n) is 4.18. The summed E-state index contributed by atoms with van der Waals surface area (Å²) in [7, 11) is 0. The van der Waals surface area contributed by atoms with Crippen LogP contribution < -0.4 is 5.32 Å². The maximum atomic E-state index is 3.70. The zero-order valence-corrected chi connectivity index (χ0v) is 13.1. The van der Waals surface area contributed by atoms with Crippen LogP contribution in [0.2, 0.25) is 0 Å². The van der Waals surface area contributed by atoms with Crippen LogP contribution in [0.3, 0.4) is 0 Å². The van der Waals surface area contributed by atoms with Gasteiger partial charge in [0.2, 0.25) is 0 Å². The van der Waals surface area contributed by atoms with E-state index in [9.17, 15) is 0 Å². The minimum Gasteiger partial charge on any atom is -0.310 e. The molecule has 0 amide bonds. The Labute approximate surface area is 119 Å². The molecule has 0 aromatic heterocycles. The zero-order chi connectivity index (χ0) is 13.0. The molecule has 1 aromatic rings. The number of hydrogen-bond donors (Lipinski definition) is 1. The van der Waals surface area contributed by atoms with Crippen molar-refractivity contribution in [2.45, 2.75) is 58.5 Å². The van der Waals surface area contributed by atoms with Crippen molar-refractivity contribution in [2.24, 2.45) is 5.92 Å². The van der Waals surface area contributed by atoms with Crippen molar-refractivity contribution in [2.75, 3.05) is 0 Å². The topological polar surface area (TPSA) is 12.0 Å². The molecule has 18 heavy (non-hydrogen) atoms. The number of halogens is 1. The molecule has 1 nitrogen and oxygen atoms in total. The third-order valence-corrected chi connectivity index (χ3v) is 4.92. The van der Waals surface area contributed by atoms with E-state index in [4.69, 9.17) is 0 Å². The van der Waals surface area contributed by atoms with E-state index in [1.54, 1.807) is 0 Å². The van der Waals surface area contributed by atoms with Crippen molar-refractivity contribution >= 4 is 15.9 Å². The summed E-state index contributed by atoms with van der Waals surface area (Å²) in [5.41, 5.74) is 2.68. The highest BCUT2D eigenvalue weighted by atomic mass is 79.9. The molecule has 0 heterocycles. The normalized spacial score (nSPS) is 18.8. The SMILES string of the molecule is Cc1ccc(CN[C@H](C)C2CCCCC2)c(Br)c1. The first-order valence-electron chi connectivity index (χ1n) is 7.15. The molecule has 1 saturated carbocycles. The van der Waals surface area contributed by atoms with Gasteiger partial charge in [0.1, 0.15) is 0 Å². The number of aryl methyl sites for hydroxylation is 1. The molecular weight excluding hydrogens is 286 g/mol. The van der Waals surface area contributed by atoms with Gasteiger partial charge in [0, 0.05) is 17.1 Å². The van der Waals surface area contributed by atoms with Gasteiger partial charge in [-0.1, -0.05) is 47.3 Å². The van der Waals surface area contributed by atoms with E-state index in [-0.39, 0.29) is 0 Å². The molecule has 1 aromatic carbocycles. The van der Waals surface area contributed by atoms with Gasteiger partial charge in [0.05, 0.1) is 0 Å². The van der Waals surface area contributed by atoms with Crippen molar-refractivity contribution in [1.29, 1.82) is 0 Å². The summed E-state index contributed by atoms with van der Waals surface area (Å²) < 4.78 is 1.23. The molecule has 100 valence electrons. The average molecular weight is 310 g/mol. The van der Waals surface area contributed by atoms with Crippen LogP contribution in [0.5, 0.6) is 0 Å². The van der Waals surface area contributed by atoms with Gasteiger partial charge in [-0.05, 0) is 49.8 Å². The number of hydrogen-bond acceptors (Lipinski definition) is 1. The second kappa shape index (κ2) is 6.72. The monoisotopic (exact) mass is 309 g/mol. The minimum absolute atomic E-state index is 0.638. The Morgan fingerprint density at radius 1 is 1.28 bits per heavy atom. The van der Waals surface area contributed by atoms with Crippen molar-refractivity contribution in [3.8, 4) is 0 Å². The lowest BCUT2D eigenvalue weighted by molar-refractivity contribution is 0.280. The Morgan fingerprint density at radius 3 is 2.67 bits per heavy atom. The first kappa shape index (κ1) is 14.1. The molecule has 1 N–H and O–H groups in total. The molecule has 1 atom stereocenters. The van der Waals surface area contributed by atoms with Crippen LogP contribution in [0.15, 0.2) is 22.7 Å². The number of rotatable bonds is 4. The average Bonchev–Trinajstić information content (AvgIpc) is 2.38. The van der Waals surface area contributed by atoms with Crippen LogP contribution in [0, 0.1) is 12.8 Å². The summed E-state index contributed by atoms with van der Waals surface area (Å²) in [5.74, 6) is 0.878. The lowest BCUT2D eigenvalue weighted by Gasteiger charge is -2.28. The predicted molar refractivity (Wildman–Crippen MR) is 81.8 cm³/mol. The van der Waals surface area contributed by atoms with E-state index in [1.165, 1.54) is 47.7 Å². The summed E-state index contributed by atoms with van der Waals surface area (Å²) in [5, 5.41) is 3.70. The van der Waals surface area contributed by atoms with E-state index < -0.39 is 0 Å². The first-order chi connectivity index (χ1) is 8.66. The van der Waals surface area contributed by atoms with Crippen LogP contribution in [0.1, 0.15) is 50.2 Å². The minimum atomic E-state index is 0.638.